The highest BCUT2D eigenvalue weighted by Gasteiger charge is 2.21. The number of hydrogen-bond acceptors (Lipinski definition) is 2. The van der Waals surface area contributed by atoms with E-state index >= 15 is 0 Å². The molecule has 7 aromatic carbocycles. The van der Waals surface area contributed by atoms with Gasteiger partial charge in [-0.2, -0.15) is 0 Å². The Morgan fingerprint density at radius 1 is 0.404 bits per heavy atom. The van der Waals surface area contributed by atoms with Gasteiger partial charge in [0.2, 0.25) is 0 Å². The normalized spacial score (nSPS) is 11.8. The summed E-state index contributed by atoms with van der Waals surface area (Å²) in [5.74, 6) is 0.717. The van der Waals surface area contributed by atoms with Crippen molar-refractivity contribution < 1.29 is 0 Å². The van der Waals surface area contributed by atoms with E-state index in [9.17, 15) is 0 Å². The summed E-state index contributed by atoms with van der Waals surface area (Å²) in [7, 11) is 0. The average molecular weight is 598 g/mol. The highest BCUT2D eigenvalue weighted by atomic mass is 14.9. The van der Waals surface area contributed by atoms with Gasteiger partial charge in [0.05, 0.1) is 27.8 Å². The largest absolute Gasteiger partial charge is 0.308 e. The number of pyridine rings is 1. The maximum Gasteiger partial charge on any atom is 0.160 e. The topological polar surface area (TPSA) is 30.2 Å². The first-order valence-electron chi connectivity index (χ1n) is 16.0. The molecule has 0 fully saturated rings. The summed E-state index contributed by atoms with van der Waals surface area (Å²) in [5.41, 5.74) is 9.93. The third-order valence-electron chi connectivity index (χ3n) is 9.54. The van der Waals surface area contributed by atoms with Gasteiger partial charge in [-0.1, -0.05) is 146 Å². The maximum absolute atomic E-state index is 5.34. The van der Waals surface area contributed by atoms with Crippen LogP contribution in [-0.4, -0.2) is 14.4 Å². The molecule has 3 aromatic heterocycles. The zero-order valence-corrected chi connectivity index (χ0v) is 25.4. The van der Waals surface area contributed by atoms with Crippen LogP contribution in [0.15, 0.2) is 164 Å². The Morgan fingerprint density at radius 2 is 1.06 bits per heavy atom. The standard InChI is InChI=1S/C44H27N3/c1-3-14-29(15-4-1)40-36-25-23-31(27-39(36)47-38-22-12-11-20-34(38)33-19-9-10-21-35(33)43(40)47)44-45-37-26-24-28-13-7-8-18-32(28)41(37)42(46-44)30-16-5-2-6-17-30/h1-27H. The van der Waals surface area contributed by atoms with E-state index in [4.69, 9.17) is 9.97 Å². The SMILES string of the molecule is c1ccc(-c2nc(-c3ccc4c(-c5ccccc5)c5c6ccccc6c6ccccc6n5c4c3)nc3ccc4ccccc4c23)cc1. The smallest absolute Gasteiger partial charge is 0.160 e. The quantitative estimate of drug-likeness (QED) is 0.190. The van der Waals surface area contributed by atoms with Gasteiger partial charge in [-0.3, -0.25) is 0 Å². The highest BCUT2D eigenvalue weighted by molar-refractivity contribution is 6.22. The summed E-state index contributed by atoms with van der Waals surface area (Å²) in [5, 5.41) is 8.36. The Labute approximate surface area is 271 Å². The Balaban J connectivity index is 1.33. The Hall–Kier alpha value is -6.32. The summed E-state index contributed by atoms with van der Waals surface area (Å²) in [6, 6.07) is 58.3. The van der Waals surface area contributed by atoms with Crippen LogP contribution in [-0.2, 0) is 0 Å². The second-order valence-corrected chi connectivity index (χ2v) is 12.2. The van der Waals surface area contributed by atoms with E-state index in [2.05, 4.69) is 168 Å². The second kappa shape index (κ2) is 10.1. The third-order valence-corrected chi connectivity index (χ3v) is 9.54. The molecule has 3 heteroatoms. The van der Waals surface area contributed by atoms with Gasteiger partial charge in [-0.05, 0) is 39.9 Å². The summed E-state index contributed by atoms with van der Waals surface area (Å²) in [4.78, 5) is 10.6. The predicted molar refractivity (Wildman–Crippen MR) is 197 cm³/mol. The number of benzene rings is 7. The molecule has 0 aliphatic rings. The second-order valence-electron chi connectivity index (χ2n) is 12.2. The third kappa shape index (κ3) is 3.87. The number of nitrogens with zero attached hydrogens (tertiary/aromatic N) is 3. The van der Waals surface area contributed by atoms with Crippen molar-refractivity contribution in [2.45, 2.75) is 0 Å². The van der Waals surface area contributed by atoms with Gasteiger partial charge < -0.3 is 4.40 Å². The molecule has 10 rings (SSSR count). The summed E-state index contributed by atoms with van der Waals surface area (Å²) in [6.45, 7) is 0. The van der Waals surface area contributed by atoms with Crippen LogP contribution in [0.1, 0.15) is 0 Å². The van der Waals surface area contributed by atoms with Crippen LogP contribution >= 0.6 is 0 Å². The van der Waals surface area contributed by atoms with Gasteiger partial charge in [0.15, 0.2) is 5.82 Å². The van der Waals surface area contributed by atoms with E-state index in [-0.39, 0.29) is 0 Å². The van der Waals surface area contributed by atoms with Crippen LogP contribution in [0.3, 0.4) is 0 Å². The van der Waals surface area contributed by atoms with Crippen molar-refractivity contribution in [1.29, 1.82) is 0 Å². The lowest BCUT2D eigenvalue weighted by molar-refractivity contribution is 1.23. The van der Waals surface area contributed by atoms with E-state index in [1.165, 1.54) is 49.1 Å². The zero-order valence-electron chi connectivity index (χ0n) is 25.4. The molecule has 10 aromatic rings. The van der Waals surface area contributed by atoms with Crippen LogP contribution in [0.2, 0.25) is 0 Å². The van der Waals surface area contributed by atoms with E-state index in [0.29, 0.717) is 0 Å². The van der Waals surface area contributed by atoms with Crippen LogP contribution in [0.25, 0.3) is 93.5 Å². The van der Waals surface area contributed by atoms with E-state index in [1.54, 1.807) is 0 Å². The first-order chi connectivity index (χ1) is 23.3. The summed E-state index contributed by atoms with van der Waals surface area (Å²) in [6.07, 6.45) is 0. The highest BCUT2D eigenvalue weighted by Crippen LogP contribution is 2.43. The van der Waals surface area contributed by atoms with Crippen LogP contribution in [0.5, 0.6) is 0 Å². The molecule has 0 aliphatic carbocycles. The van der Waals surface area contributed by atoms with Crippen molar-refractivity contribution in [2.75, 3.05) is 0 Å². The average Bonchev–Trinajstić information content (AvgIpc) is 3.50. The minimum atomic E-state index is 0.717. The van der Waals surface area contributed by atoms with E-state index < -0.39 is 0 Å². The molecular formula is C44H27N3. The van der Waals surface area contributed by atoms with E-state index in [0.717, 1.165) is 44.5 Å². The van der Waals surface area contributed by atoms with Gasteiger partial charge in [0, 0.05) is 38.2 Å². The zero-order chi connectivity index (χ0) is 30.9. The fraction of sp³-hybridized carbons (Fsp3) is 0. The van der Waals surface area contributed by atoms with Crippen molar-refractivity contribution in [2.24, 2.45) is 0 Å². The van der Waals surface area contributed by atoms with Crippen molar-refractivity contribution in [1.82, 2.24) is 14.4 Å². The molecule has 3 heterocycles. The fourth-order valence-corrected chi connectivity index (χ4v) is 7.49. The molecule has 218 valence electrons. The lowest BCUT2D eigenvalue weighted by Crippen LogP contribution is -1.96. The monoisotopic (exact) mass is 597 g/mol. The van der Waals surface area contributed by atoms with Crippen LogP contribution in [0, 0.1) is 0 Å². The molecule has 47 heavy (non-hydrogen) atoms. The molecule has 0 amide bonds. The molecule has 0 unspecified atom stereocenters. The van der Waals surface area contributed by atoms with Crippen molar-refractivity contribution >= 4 is 59.8 Å². The van der Waals surface area contributed by atoms with E-state index in [1.807, 2.05) is 0 Å². The number of fused-ring (bicyclic) bond motifs is 11. The number of rotatable bonds is 3. The molecule has 0 radical (unpaired) electrons. The van der Waals surface area contributed by atoms with Gasteiger partial charge in [0.25, 0.3) is 0 Å². The molecule has 0 saturated heterocycles. The van der Waals surface area contributed by atoms with Gasteiger partial charge >= 0.3 is 0 Å². The van der Waals surface area contributed by atoms with Crippen LogP contribution in [0.4, 0.5) is 0 Å². The maximum atomic E-state index is 5.34. The molecule has 3 nitrogen and oxygen atoms in total. The molecule has 0 aliphatic heterocycles. The van der Waals surface area contributed by atoms with Crippen LogP contribution < -0.4 is 0 Å². The lowest BCUT2D eigenvalue weighted by Gasteiger charge is -2.12. The molecule has 0 bridgehead atoms. The number of hydrogen-bond donors (Lipinski definition) is 0. The van der Waals surface area contributed by atoms with Crippen molar-refractivity contribution in [3.63, 3.8) is 0 Å². The Kier molecular flexibility index (Phi) is 5.57. The molecule has 0 N–H and O–H groups in total. The molecular weight excluding hydrogens is 571 g/mol. The fourth-order valence-electron chi connectivity index (χ4n) is 7.49. The Morgan fingerprint density at radius 3 is 1.87 bits per heavy atom. The van der Waals surface area contributed by atoms with Gasteiger partial charge in [-0.15, -0.1) is 0 Å². The molecule has 0 saturated carbocycles. The molecule has 0 spiro atoms. The Bertz CT molecular complexity index is 2830. The minimum absolute atomic E-state index is 0.717. The van der Waals surface area contributed by atoms with Crippen molar-refractivity contribution in [3.05, 3.63) is 164 Å². The lowest BCUT2D eigenvalue weighted by atomic mass is 9.98. The number of aromatic nitrogens is 3. The van der Waals surface area contributed by atoms with Gasteiger partial charge in [0.1, 0.15) is 0 Å². The summed E-state index contributed by atoms with van der Waals surface area (Å²) >= 11 is 0. The number of para-hydroxylation sites is 1. The van der Waals surface area contributed by atoms with Gasteiger partial charge in [-0.25, -0.2) is 9.97 Å². The van der Waals surface area contributed by atoms with Crippen molar-refractivity contribution in [3.8, 4) is 33.8 Å². The first-order valence-corrected chi connectivity index (χ1v) is 16.0. The summed E-state index contributed by atoms with van der Waals surface area (Å²) < 4.78 is 2.45. The predicted octanol–water partition coefficient (Wildman–Crippen LogP) is 11.5. The minimum Gasteiger partial charge on any atom is -0.308 e. The first kappa shape index (κ1) is 26.0. The molecule has 0 atom stereocenters.